The van der Waals surface area contributed by atoms with Crippen molar-refractivity contribution >= 4 is 38.1 Å². The molecule has 0 bridgehead atoms. The summed E-state index contributed by atoms with van der Waals surface area (Å²) in [5, 5.41) is 2.23. The molecule has 25 heavy (non-hydrogen) atoms. The lowest BCUT2D eigenvalue weighted by Crippen LogP contribution is -2.14. The van der Waals surface area contributed by atoms with E-state index in [1.54, 1.807) is 12.1 Å². The predicted octanol–water partition coefficient (Wildman–Crippen LogP) is 4.31. The fraction of sp³-hybridized carbons (Fsp3) is 0.111. The number of halogens is 1. The maximum absolute atomic E-state index is 12.8. The molecule has 0 heterocycles. The number of methoxy groups -OCH3 is 2. The Bertz CT molecular complexity index is 1030. The molecular weight excluding hydrogens is 362 g/mol. The molecule has 0 aliphatic heterocycles. The third kappa shape index (κ3) is 3.50. The van der Waals surface area contributed by atoms with Crippen LogP contribution in [-0.4, -0.2) is 22.6 Å². The predicted molar refractivity (Wildman–Crippen MR) is 99.3 cm³/mol. The van der Waals surface area contributed by atoms with Crippen LogP contribution in [0.5, 0.6) is 11.5 Å². The Balaban J connectivity index is 2.03. The number of rotatable bonds is 5. The van der Waals surface area contributed by atoms with Gasteiger partial charge in [-0.1, -0.05) is 41.9 Å². The highest BCUT2D eigenvalue weighted by Gasteiger charge is 2.22. The number of sulfonamides is 1. The highest BCUT2D eigenvalue weighted by atomic mass is 35.5. The van der Waals surface area contributed by atoms with Crippen LogP contribution in [0.25, 0.3) is 10.8 Å². The van der Waals surface area contributed by atoms with Crippen molar-refractivity contribution in [2.45, 2.75) is 4.90 Å². The van der Waals surface area contributed by atoms with Gasteiger partial charge in [-0.05, 0) is 22.9 Å². The minimum Gasteiger partial charge on any atom is -0.495 e. The van der Waals surface area contributed by atoms with Gasteiger partial charge in [0.2, 0.25) is 0 Å². The average molecular weight is 378 g/mol. The Hall–Kier alpha value is -2.44. The first-order chi connectivity index (χ1) is 11.9. The zero-order chi connectivity index (χ0) is 18.0. The van der Waals surface area contributed by atoms with Crippen LogP contribution in [0, 0.1) is 0 Å². The second kappa shape index (κ2) is 6.82. The van der Waals surface area contributed by atoms with E-state index >= 15 is 0 Å². The van der Waals surface area contributed by atoms with E-state index in [1.807, 2.05) is 30.3 Å². The van der Waals surface area contributed by atoms with Crippen LogP contribution in [0.1, 0.15) is 0 Å². The van der Waals surface area contributed by atoms with Crippen LogP contribution in [0.4, 0.5) is 5.69 Å². The fourth-order valence-corrected chi connectivity index (χ4v) is 3.95. The zero-order valence-corrected chi connectivity index (χ0v) is 15.2. The first kappa shape index (κ1) is 17.4. The highest BCUT2D eigenvalue weighted by Crippen LogP contribution is 2.36. The van der Waals surface area contributed by atoms with Gasteiger partial charge < -0.3 is 9.47 Å². The van der Waals surface area contributed by atoms with Gasteiger partial charge >= 0.3 is 0 Å². The van der Waals surface area contributed by atoms with E-state index in [4.69, 9.17) is 21.1 Å². The topological polar surface area (TPSA) is 64.6 Å². The molecule has 0 aromatic heterocycles. The van der Waals surface area contributed by atoms with E-state index in [0.29, 0.717) is 5.69 Å². The molecule has 0 aliphatic carbocycles. The van der Waals surface area contributed by atoms with Gasteiger partial charge in [0.1, 0.15) is 16.4 Å². The number of hydrogen-bond donors (Lipinski definition) is 1. The summed E-state index contributed by atoms with van der Waals surface area (Å²) in [5.74, 6) is 0.389. The number of fused-ring (bicyclic) bond motifs is 1. The fourth-order valence-electron chi connectivity index (χ4n) is 2.51. The molecule has 0 atom stereocenters. The van der Waals surface area contributed by atoms with Crippen molar-refractivity contribution in [3.05, 3.63) is 59.6 Å². The summed E-state index contributed by atoms with van der Waals surface area (Å²) >= 11 is 6.04. The Morgan fingerprint density at radius 1 is 0.880 bits per heavy atom. The second-order valence-corrected chi connectivity index (χ2v) is 7.36. The summed E-state index contributed by atoms with van der Waals surface area (Å²) in [4.78, 5) is -0.0515. The van der Waals surface area contributed by atoms with E-state index in [1.165, 1.54) is 26.4 Å². The average Bonchev–Trinajstić information content (AvgIpc) is 2.60. The third-order valence-corrected chi connectivity index (χ3v) is 5.43. The standard InChI is InChI=1S/C18H16ClNO4S/c1-23-16-11-18(17(24-2)10-15(16)19)25(21,22)20-14-8-7-12-5-3-4-6-13(12)9-14/h3-11,20H,1-2H3. The van der Waals surface area contributed by atoms with Gasteiger partial charge in [0.15, 0.2) is 0 Å². The molecule has 3 aromatic carbocycles. The smallest absolute Gasteiger partial charge is 0.265 e. The Morgan fingerprint density at radius 2 is 1.56 bits per heavy atom. The van der Waals surface area contributed by atoms with Crippen LogP contribution in [-0.2, 0) is 10.0 Å². The maximum atomic E-state index is 12.8. The van der Waals surface area contributed by atoms with Gasteiger partial charge in [-0.2, -0.15) is 0 Å². The van der Waals surface area contributed by atoms with Gasteiger partial charge in [0.05, 0.1) is 19.2 Å². The minimum absolute atomic E-state index is 0.0515. The molecule has 3 aromatic rings. The summed E-state index contributed by atoms with van der Waals surface area (Å²) in [6, 6.07) is 15.8. The Labute approximate surface area is 151 Å². The molecule has 0 saturated carbocycles. The molecule has 0 unspecified atom stereocenters. The van der Waals surface area contributed by atoms with Crippen molar-refractivity contribution < 1.29 is 17.9 Å². The monoisotopic (exact) mass is 377 g/mol. The lowest BCUT2D eigenvalue weighted by atomic mass is 10.1. The number of nitrogens with one attached hydrogen (secondary N) is 1. The normalized spacial score (nSPS) is 11.3. The second-order valence-electron chi connectivity index (χ2n) is 5.31. The number of benzene rings is 3. The first-order valence-corrected chi connectivity index (χ1v) is 9.24. The molecule has 0 spiro atoms. The molecule has 5 nitrogen and oxygen atoms in total. The molecule has 0 fully saturated rings. The highest BCUT2D eigenvalue weighted by molar-refractivity contribution is 7.92. The van der Waals surface area contributed by atoms with Gasteiger partial charge in [0.25, 0.3) is 10.0 Å². The van der Waals surface area contributed by atoms with Gasteiger partial charge in [-0.25, -0.2) is 8.42 Å². The SMILES string of the molecule is COc1cc(S(=O)(=O)Nc2ccc3ccccc3c2)c(OC)cc1Cl. The van der Waals surface area contributed by atoms with Crippen LogP contribution in [0.3, 0.4) is 0 Å². The number of anilines is 1. The van der Waals surface area contributed by atoms with Crippen molar-refractivity contribution in [2.24, 2.45) is 0 Å². The molecular formula is C18H16ClNO4S. The molecule has 1 N–H and O–H groups in total. The largest absolute Gasteiger partial charge is 0.495 e. The summed E-state index contributed by atoms with van der Waals surface area (Å²) in [6.07, 6.45) is 0. The van der Waals surface area contributed by atoms with E-state index in [0.717, 1.165) is 10.8 Å². The lowest BCUT2D eigenvalue weighted by Gasteiger charge is -2.14. The summed E-state index contributed by atoms with van der Waals surface area (Å²) in [6.45, 7) is 0. The number of ether oxygens (including phenoxy) is 2. The maximum Gasteiger partial charge on any atom is 0.265 e. The van der Waals surface area contributed by atoms with Crippen molar-refractivity contribution in [1.29, 1.82) is 0 Å². The summed E-state index contributed by atoms with van der Waals surface area (Å²) in [5.41, 5.74) is 0.453. The molecule has 130 valence electrons. The quantitative estimate of drug-likeness (QED) is 0.719. The Morgan fingerprint density at radius 3 is 2.24 bits per heavy atom. The zero-order valence-electron chi connectivity index (χ0n) is 13.6. The Kier molecular flexibility index (Phi) is 4.74. The summed E-state index contributed by atoms with van der Waals surface area (Å²) in [7, 11) is -1.09. The van der Waals surface area contributed by atoms with Crippen LogP contribution < -0.4 is 14.2 Å². The van der Waals surface area contributed by atoms with Gasteiger partial charge in [0, 0.05) is 17.8 Å². The van der Waals surface area contributed by atoms with E-state index in [2.05, 4.69) is 4.72 Å². The molecule has 0 saturated heterocycles. The van der Waals surface area contributed by atoms with E-state index < -0.39 is 10.0 Å². The van der Waals surface area contributed by atoms with Gasteiger partial charge in [-0.3, -0.25) is 4.72 Å². The third-order valence-electron chi connectivity index (χ3n) is 3.73. The molecule has 0 radical (unpaired) electrons. The van der Waals surface area contributed by atoms with E-state index in [9.17, 15) is 8.42 Å². The molecule has 7 heteroatoms. The van der Waals surface area contributed by atoms with Crippen LogP contribution >= 0.6 is 11.6 Å². The van der Waals surface area contributed by atoms with Crippen molar-refractivity contribution in [3.63, 3.8) is 0 Å². The van der Waals surface area contributed by atoms with Gasteiger partial charge in [-0.15, -0.1) is 0 Å². The molecule has 0 amide bonds. The molecule has 0 aliphatic rings. The first-order valence-electron chi connectivity index (χ1n) is 7.38. The van der Waals surface area contributed by atoms with Crippen LogP contribution in [0.2, 0.25) is 5.02 Å². The van der Waals surface area contributed by atoms with E-state index in [-0.39, 0.29) is 21.4 Å². The van der Waals surface area contributed by atoms with Crippen molar-refractivity contribution in [1.82, 2.24) is 0 Å². The van der Waals surface area contributed by atoms with Crippen LogP contribution in [0.15, 0.2) is 59.5 Å². The lowest BCUT2D eigenvalue weighted by molar-refractivity contribution is 0.392. The van der Waals surface area contributed by atoms with Crippen molar-refractivity contribution in [2.75, 3.05) is 18.9 Å². The van der Waals surface area contributed by atoms with Crippen molar-refractivity contribution in [3.8, 4) is 11.5 Å². The molecule has 3 rings (SSSR count). The number of hydrogen-bond acceptors (Lipinski definition) is 4. The minimum atomic E-state index is -3.89. The summed E-state index contributed by atoms with van der Waals surface area (Å²) < 4.78 is 38.4.